The highest BCUT2D eigenvalue weighted by atomic mass is 79.9. The lowest BCUT2D eigenvalue weighted by atomic mass is 9.71. The van der Waals surface area contributed by atoms with Crippen LogP contribution in [0.3, 0.4) is 0 Å². The first kappa shape index (κ1) is 15.0. The number of para-hydroxylation sites is 1. The zero-order valence-electron chi connectivity index (χ0n) is 11.2. The Bertz CT molecular complexity index is 510. The van der Waals surface area contributed by atoms with Crippen molar-refractivity contribution in [2.75, 3.05) is 5.32 Å². The van der Waals surface area contributed by atoms with Crippen LogP contribution in [0, 0.1) is 5.41 Å². The topological polar surface area (TPSA) is 66.4 Å². The summed E-state index contributed by atoms with van der Waals surface area (Å²) in [6.45, 7) is 0. The predicted molar refractivity (Wildman–Crippen MR) is 80.5 cm³/mol. The summed E-state index contributed by atoms with van der Waals surface area (Å²) in [5, 5.41) is 12.3. The van der Waals surface area contributed by atoms with Crippen molar-refractivity contribution >= 4 is 33.5 Å². The van der Waals surface area contributed by atoms with Crippen LogP contribution < -0.4 is 5.32 Å². The molecule has 108 valence electrons. The molecule has 1 amide bonds. The molecule has 0 bridgehead atoms. The Balaban J connectivity index is 2.06. The van der Waals surface area contributed by atoms with E-state index in [2.05, 4.69) is 21.2 Å². The summed E-state index contributed by atoms with van der Waals surface area (Å²) in [7, 11) is 0. The number of amides is 1. The van der Waals surface area contributed by atoms with Crippen molar-refractivity contribution < 1.29 is 14.7 Å². The molecule has 1 aliphatic carbocycles. The molecule has 1 aromatic rings. The second-order valence-electron chi connectivity index (χ2n) is 5.35. The van der Waals surface area contributed by atoms with Crippen LogP contribution in [0.4, 0.5) is 5.69 Å². The number of carbonyl (C=O) groups is 2. The fourth-order valence-corrected chi connectivity index (χ4v) is 3.14. The summed E-state index contributed by atoms with van der Waals surface area (Å²) < 4.78 is 0.793. The molecular formula is C15H18BrNO3. The molecule has 1 fully saturated rings. The van der Waals surface area contributed by atoms with Gasteiger partial charge in [-0.25, -0.2) is 0 Å². The summed E-state index contributed by atoms with van der Waals surface area (Å²) >= 11 is 3.36. The van der Waals surface area contributed by atoms with Gasteiger partial charge < -0.3 is 10.4 Å². The van der Waals surface area contributed by atoms with Gasteiger partial charge in [-0.05, 0) is 40.9 Å². The van der Waals surface area contributed by atoms with Gasteiger partial charge in [0, 0.05) is 10.9 Å². The van der Waals surface area contributed by atoms with E-state index in [0.29, 0.717) is 18.5 Å². The fourth-order valence-electron chi connectivity index (χ4n) is 2.76. The third-order valence-corrected chi connectivity index (χ3v) is 4.60. The van der Waals surface area contributed by atoms with Crippen molar-refractivity contribution in [3.63, 3.8) is 0 Å². The zero-order chi connectivity index (χ0) is 14.6. The molecule has 0 heterocycles. The molecule has 20 heavy (non-hydrogen) atoms. The normalized spacial score (nSPS) is 17.4. The van der Waals surface area contributed by atoms with Gasteiger partial charge in [0.05, 0.1) is 11.1 Å². The largest absolute Gasteiger partial charge is 0.481 e. The number of hydrogen-bond donors (Lipinski definition) is 2. The summed E-state index contributed by atoms with van der Waals surface area (Å²) in [5.41, 5.74) is -0.210. The van der Waals surface area contributed by atoms with Crippen LogP contribution in [-0.4, -0.2) is 17.0 Å². The minimum Gasteiger partial charge on any atom is -0.481 e. The van der Waals surface area contributed by atoms with Gasteiger partial charge >= 0.3 is 5.97 Å². The van der Waals surface area contributed by atoms with Crippen LogP contribution in [0.15, 0.2) is 28.7 Å². The highest BCUT2D eigenvalue weighted by Crippen LogP contribution is 2.40. The molecule has 0 saturated heterocycles. The first-order valence-electron chi connectivity index (χ1n) is 6.81. The van der Waals surface area contributed by atoms with E-state index in [1.165, 1.54) is 0 Å². The Kier molecular flexibility index (Phi) is 4.81. The monoisotopic (exact) mass is 339 g/mol. The molecule has 0 aliphatic heterocycles. The van der Waals surface area contributed by atoms with E-state index in [0.717, 1.165) is 23.7 Å². The zero-order valence-corrected chi connectivity index (χ0v) is 12.8. The first-order valence-corrected chi connectivity index (χ1v) is 7.61. The molecule has 0 radical (unpaired) electrons. The smallest absolute Gasteiger partial charge is 0.310 e. The highest BCUT2D eigenvalue weighted by Gasteiger charge is 2.41. The van der Waals surface area contributed by atoms with Crippen LogP contribution in [0.1, 0.15) is 38.5 Å². The van der Waals surface area contributed by atoms with Crippen molar-refractivity contribution in [3.8, 4) is 0 Å². The Morgan fingerprint density at radius 3 is 2.45 bits per heavy atom. The van der Waals surface area contributed by atoms with Gasteiger partial charge in [-0.2, -0.15) is 0 Å². The van der Waals surface area contributed by atoms with Crippen molar-refractivity contribution in [2.45, 2.75) is 38.5 Å². The number of halogens is 1. The summed E-state index contributed by atoms with van der Waals surface area (Å²) in [6, 6.07) is 7.31. The average molecular weight is 340 g/mol. The van der Waals surface area contributed by atoms with Crippen LogP contribution in [-0.2, 0) is 9.59 Å². The molecule has 0 aromatic heterocycles. The Labute approximate surface area is 126 Å². The van der Waals surface area contributed by atoms with Gasteiger partial charge in [0.15, 0.2) is 0 Å². The number of benzene rings is 1. The van der Waals surface area contributed by atoms with Crippen molar-refractivity contribution in [2.24, 2.45) is 5.41 Å². The van der Waals surface area contributed by atoms with E-state index in [9.17, 15) is 14.7 Å². The molecule has 0 unspecified atom stereocenters. The Morgan fingerprint density at radius 2 is 1.85 bits per heavy atom. The molecule has 0 atom stereocenters. The van der Waals surface area contributed by atoms with Gasteiger partial charge in [0.2, 0.25) is 5.91 Å². The molecule has 1 saturated carbocycles. The maximum Gasteiger partial charge on any atom is 0.310 e. The van der Waals surface area contributed by atoms with Gasteiger partial charge in [-0.15, -0.1) is 0 Å². The molecular weight excluding hydrogens is 322 g/mol. The maximum atomic E-state index is 12.1. The SMILES string of the molecule is O=C(CC1(C(=O)O)CCCCC1)Nc1ccccc1Br. The minimum atomic E-state index is -0.885. The molecule has 0 spiro atoms. The summed E-state index contributed by atoms with van der Waals surface area (Å²) in [5.74, 6) is -1.08. The van der Waals surface area contributed by atoms with E-state index >= 15 is 0 Å². The third kappa shape index (κ3) is 3.39. The van der Waals surface area contributed by atoms with Crippen LogP contribution in [0.5, 0.6) is 0 Å². The predicted octanol–water partition coefficient (Wildman–Crippen LogP) is 3.81. The number of hydrogen-bond acceptors (Lipinski definition) is 2. The van der Waals surface area contributed by atoms with E-state index in [4.69, 9.17) is 0 Å². The number of rotatable bonds is 4. The first-order chi connectivity index (χ1) is 9.53. The summed E-state index contributed by atoms with van der Waals surface area (Å²) in [6.07, 6.45) is 4.05. The van der Waals surface area contributed by atoms with E-state index in [-0.39, 0.29) is 12.3 Å². The van der Waals surface area contributed by atoms with Crippen molar-refractivity contribution in [1.82, 2.24) is 0 Å². The number of carboxylic acid groups (broad SMARTS) is 1. The van der Waals surface area contributed by atoms with Gasteiger partial charge in [0.25, 0.3) is 0 Å². The lowest BCUT2D eigenvalue weighted by Crippen LogP contribution is -2.37. The molecule has 2 rings (SSSR count). The quantitative estimate of drug-likeness (QED) is 0.876. The number of nitrogens with one attached hydrogen (secondary N) is 1. The molecule has 2 N–H and O–H groups in total. The van der Waals surface area contributed by atoms with E-state index in [1.54, 1.807) is 6.07 Å². The third-order valence-electron chi connectivity index (χ3n) is 3.91. The van der Waals surface area contributed by atoms with E-state index in [1.807, 2.05) is 18.2 Å². The number of aliphatic carboxylic acids is 1. The van der Waals surface area contributed by atoms with E-state index < -0.39 is 11.4 Å². The second-order valence-corrected chi connectivity index (χ2v) is 6.21. The lowest BCUT2D eigenvalue weighted by Gasteiger charge is -2.32. The fraction of sp³-hybridized carbons (Fsp3) is 0.467. The average Bonchev–Trinajstić information content (AvgIpc) is 2.42. The Morgan fingerprint density at radius 1 is 1.20 bits per heavy atom. The minimum absolute atomic E-state index is 0.0453. The van der Waals surface area contributed by atoms with Gasteiger partial charge in [-0.1, -0.05) is 31.4 Å². The summed E-state index contributed by atoms with van der Waals surface area (Å²) in [4.78, 5) is 23.7. The molecule has 5 heteroatoms. The lowest BCUT2D eigenvalue weighted by molar-refractivity contribution is -0.153. The maximum absolute atomic E-state index is 12.1. The van der Waals surface area contributed by atoms with Crippen LogP contribution >= 0.6 is 15.9 Å². The van der Waals surface area contributed by atoms with Crippen molar-refractivity contribution in [1.29, 1.82) is 0 Å². The van der Waals surface area contributed by atoms with Crippen LogP contribution in [0.2, 0.25) is 0 Å². The second kappa shape index (κ2) is 6.39. The van der Waals surface area contributed by atoms with Crippen molar-refractivity contribution in [3.05, 3.63) is 28.7 Å². The standard InChI is InChI=1S/C15H18BrNO3/c16-11-6-2-3-7-12(11)17-13(18)10-15(14(19)20)8-4-1-5-9-15/h2-3,6-7H,1,4-5,8-10H2,(H,17,18)(H,19,20). The number of carboxylic acids is 1. The molecule has 1 aliphatic rings. The number of anilines is 1. The van der Waals surface area contributed by atoms with Gasteiger partial charge in [-0.3, -0.25) is 9.59 Å². The highest BCUT2D eigenvalue weighted by molar-refractivity contribution is 9.10. The Hall–Kier alpha value is -1.36. The van der Waals surface area contributed by atoms with Gasteiger partial charge in [0.1, 0.15) is 0 Å². The number of carbonyl (C=O) groups excluding carboxylic acids is 1. The molecule has 4 nitrogen and oxygen atoms in total. The molecule has 1 aromatic carbocycles. The van der Waals surface area contributed by atoms with Crippen LogP contribution in [0.25, 0.3) is 0 Å².